The second kappa shape index (κ2) is 9.25. The molecule has 8 aromatic carbocycles. The number of hydrogen-bond donors (Lipinski definition) is 0. The third-order valence-corrected chi connectivity index (χ3v) is 11.6. The Morgan fingerprint density at radius 1 is 0.429 bits per heavy atom. The van der Waals surface area contributed by atoms with Gasteiger partial charge in [0.05, 0.1) is 40.1 Å². The maximum atomic E-state index is 9.34. The van der Waals surface area contributed by atoms with Crippen molar-refractivity contribution in [3.8, 4) is 16.8 Å². The Hall–Kier alpha value is -6.16. The van der Waals surface area contributed by atoms with Gasteiger partial charge in [-0.05, 0) is 46.7 Å². The molecule has 49 heavy (non-hydrogen) atoms. The molecule has 0 aliphatic heterocycles. The number of nitrogens with zero attached hydrogens (tertiary/aromatic N) is 2. The zero-order valence-electron chi connectivity index (χ0n) is 30.9. The minimum Gasteiger partial charge on any atom is -0.307 e. The summed E-state index contributed by atoms with van der Waals surface area (Å²) in [5.74, 6) is 0. The van der Waals surface area contributed by atoms with E-state index < -0.39 is 6.04 Å². The van der Waals surface area contributed by atoms with E-state index in [1.165, 1.54) is 32.4 Å². The SMILES string of the molecule is [2H]c1c([2H])c([2H])c(-c2c(-n3c4ccccc4c4c5ccccc5c5c6cccc7c8ccccc8n(c76)c5c43)ccc3sc4ccccc4c23)c([2H])c1[2H]. The molecule has 4 heterocycles. The molecule has 0 saturated heterocycles. The normalized spacial score (nSPS) is 13.9. The zero-order valence-corrected chi connectivity index (χ0v) is 26.7. The monoisotopic (exact) mass is 643 g/mol. The van der Waals surface area contributed by atoms with Crippen LogP contribution in [0.2, 0.25) is 0 Å². The molecule has 0 atom stereocenters. The lowest BCUT2D eigenvalue weighted by molar-refractivity contribution is 1.19. The van der Waals surface area contributed by atoms with E-state index in [0.717, 1.165) is 64.1 Å². The highest BCUT2D eigenvalue weighted by Crippen LogP contribution is 2.50. The summed E-state index contributed by atoms with van der Waals surface area (Å²) < 4.78 is 51.6. The Bertz CT molecular complexity index is 3600. The molecule has 0 aliphatic carbocycles. The van der Waals surface area contributed by atoms with Crippen LogP contribution in [0, 0.1) is 0 Å². The van der Waals surface area contributed by atoms with Gasteiger partial charge in [-0.15, -0.1) is 11.3 Å². The summed E-state index contributed by atoms with van der Waals surface area (Å²) in [6.07, 6.45) is 0. The molecule has 0 saturated carbocycles. The summed E-state index contributed by atoms with van der Waals surface area (Å²) in [6, 6.07) is 43.2. The zero-order chi connectivity index (χ0) is 36.1. The van der Waals surface area contributed by atoms with Crippen molar-refractivity contribution in [2.24, 2.45) is 0 Å². The molecule has 0 fully saturated rings. The highest BCUT2D eigenvalue weighted by atomic mass is 32.1. The van der Waals surface area contributed by atoms with Crippen LogP contribution in [0.4, 0.5) is 0 Å². The van der Waals surface area contributed by atoms with Crippen LogP contribution in [0.3, 0.4) is 0 Å². The number of benzene rings is 8. The van der Waals surface area contributed by atoms with E-state index in [4.69, 9.17) is 4.11 Å². The Morgan fingerprint density at radius 3 is 1.88 bits per heavy atom. The van der Waals surface area contributed by atoms with Gasteiger partial charge in [0.1, 0.15) is 0 Å². The van der Waals surface area contributed by atoms with Gasteiger partial charge in [-0.25, -0.2) is 0 Å². The van der Waals surface area contributed by atoms with Gasteiger partial charge in [0.2, 0.25) is 0 Å². The van der Waals surface area contributed by atoms with E-state index >= 15 is 0 Å². The minimum atomic E-state index is -0.403. The van der Waals surface area contributed by atoms with Crippen molar-refractivity contribution in [2.45, 2.75) is 0 Å². The molecule has 12 rings (SSSR count). The molecule has 0 aliphatic rings. The lowest BCUT2D eigenvalue weighted by Crippen LogP contribution is -1.99. The number of hydrogen-bond acceptors (Lipinski definition) is 1. The third kappa shape index (κ3) is 3.17. The standard InChI is InChI=1S/C46H26N2S/c1-2-13-27(14-3-1)40-37(25-26-39-43(40)33-19-8-11-24-38(33)49-39)47-36-23-10-7-18-32(36)41-29-16-4-5-17-30(29)42-34-21-12-20-31-28-15-6-9-22-35(28)48(44(31)34)46(42)45(41)47/h1-26H/i1D,2D,3D,13D,14D. The van der Waals surface area contributed by atoms with Crippen molar-refractivity contribution < 1.29 is 6.85 Å². The van der Waals surface area contributed by atoms with E-state index in [9.17, 15) is 2.74 Å². The second-order valence-corrected chi connectivity index (χ2v) is 13.9. The Morgan fingerprint density at radius 2 is 1.06 bits per heavy atom. The van der Waals surface area contributed by atoms with Crippen molar-refractivity contribution in [2.75, 3.05) is 0 Å². The Kier molecular flexibility index (Phi) is 4.09. The molecule has 12 aromatic rings. The first kappa shape index (κ1) is 21.7. The molecule has 0 unspecified atom stereocenters. The number of aromatic nitrogens is 2. The Balaban J connectivity index is 1.42. The van der Waals surface area contributed by atoms with Crippen molar-refractivity contribution in [3.05, 3.63) is 158 Å². The quantitative estimate of drug-likeness (QED) is 0.177. The van der Waals surface area contributed by atoms with Gasteiger partial charge in [-0.1, -0.05) is 127 Å². The number of para-hydroxylation sites is 3. The highest BCUT2D eigenvalue weighted by molar-refractivity contribution is 7.26. The predicted octanol–water partition coefficient (Wildman–Crippen LogP) is 13.1. The van der Waals surface area contributed by atoms with Crippen LogP contribution < -0.4 is 0 Å². The van der Waals surface area contributed by atoms with E-state index in [-0.39, 0.29) is 29.7 Å². The number of thiophene rings is 1. The average molecular weight is 644 g/mol. The molecule has 226 valence electrons. The third-order valence-electron chi connectivity index (χ3n) is 10.5. The predicted molar refractivity (Wildman–Crippen MR) is 211 cm³/mol. The summed E-state index contributed by atoms with van der Waals surface area (Å²) in [5, 5.41) is 11.1. The largest absolute Gasteiger partial charge is 0.307 e. The number of rotatable bonds is 2. The minimum absolute atomic E-state index is 0.200. The van der Waals surface area contributed by atoms with Crippen molar-refractivity contribution in [3.63, 3.8) is 0 Å². The van der Waals surface area contributed by atoms with E-state index in [0.29, 0.717) is 5.56 Å². The molecular weight excluding hydrogens is 613 g/mol. The van der Waals surface area contributed by atoms with Crippen LogP contribution >= 0.6 is 11.3 Å². The summed E-state index contributed by atoms with van der Waals surface area (Å²) in [5.41, 5.74) is 6.95. The fourth-order valence-electron chi connectivity index (χ4n) is 8.72. The molecule has 0 spiro atoms. The van der Waals surface area contributed by atoms with Gasteiger partial charge in [0.25, 0.3) is 0 Å². The molecular formula is C46H26N2S. The van der Waals surface area contributed by atoms with Crippen LogP contribution in [0.1, 0.15) is 6.85 Å². The number of fused-ring (bicyclic) bond motifs is 16. The Labute approximate surface area is 291 Å². The van der Waals surface area contributed by atoms with Crippen LogP contribution in [0.25, 0.3) is 108 Å². The van der Waals surface area contributed by atoms with Crippen LogP contribution in [-0.2, 0) is 0 Å². The lowest BCUT2D eigenvalue weighted by atomic mass is 9.96. The summed E-state index contributed by atoms with van der Waals surface area (Å²) in [7, 11) is 0. The molecule has 4 aromatic heterocycles. The van der Waals surface area contributed by atoms with E-state index in [1.807, 2.05) is 12.1 Å². The van der Waals surface area contributed by atoms with Crippen LogP contribution in [0.15, 0.2) is 158 Å². The molecule has 0 radical (unpaired) electrons. The van der Waals surface area contributed by atoms with E-state index in [1.54, 1.807) is 11.3 Å². The molecule has 2 nitrogen and oxygen atoms in total. The molecule has 0 bridgehead atoms. The summed E-state index contributed by atoms with van der Waals surface area (Å²) in [4.78, 5) is 0. The van der Waals surface area contributed by atoms with E-state index in [2.05, 4.69) is 124 Å². The summed E-state index contributed by atoms with van der Waals surface area (Å²) >= 11 is 1.65. The van der Waals surface area contributed by atoms with Crippen molar-refractivity contribution in [1.29, 1.82) is 0 Å². The first-order valence-corrected chi connectivity index (χ1v) is 17.3. The van der Waals surface area contributed by atoms with Crippen LogP contribution in [-0.4, -0.2) is 8.97 Å². The van der Waals surface area contributed by atoms with Gasteiger partial charge < -0.3 is 8.97 Å². The topological polar surface area (TPSA) is 9.34 Å². The maximum absolute atomic E-state index is 9.34. The van der Waals surface area contributed by atoms with Gasteiger partial charge in [-0.2, -0.15) is 0 Å². The lowest BCUT2D eigenvalue weighted by Gasteiger charge is -2.17. The smallest absolute Gasteiger partial charge is 0.0795 e. The van der Waals surface area contributed by atoms with Gasteiger partial charge in [-0.3, -0.25) is 0 Å². The fraction of sp³-hybridized carbons (Fsp3) is 0. The summed E-state index contributed by atoms with van der Waals surface area (Å²) in [6.45, 7) is 0. The van der Waals surface area contributed by atoms with Crippen molar-refractivity contribution >= 4 is 102 Å². The average Bonchev–Trinajstić information content (AvgIpc) is 3.95. The van der Waals surface area contributed by atoms with Gasteiger partial charge >= 0.3 is 0 Å². The fourth-order valence-corrected chi connectivity index (χ4v) is 9.83. The second-order valence-electron chi connectivity index (χ2n) is 12.8. The highest BCUT2D eigenvalue weighted by Gasteiger charge is 2.27. The molecule has 0 amide bonds. The first-order valence-electron chi connectivity index (χ1n) is 19.0. The first-order chi connectivity index (χ1) is 26.4. The van der Waals surface area contributed by atoms with Crippen molar-refractivity contribution in [1.82, 2.24) is 8.97 Å². The molecule has 0 N–H and O–H groups in total. The van der Waals surface area contributed by atoms with Crippen LogP contribution in [0.5, 0.6) is 0 Å². The maximum Gasteiger partial charge on any atom is 0.0795 e. The van der Waals surface area contributed by atoms with Gasteiger partial charge in [0, 0.05) is 58.1 Å². The van der Waals surface area contributed by atoms with Gasteiger partial charge in [0.15, 0.2) is 0 Å². The molecule has 3 heteroatoms.